The van der Waals surface area contributed by atoms with Crippen LogP contribution >= 0.6 is 11.6 Å². The lowest BCUT2D eigenvalue weighted by atomic mass is 10.1. The summed E-state index contributed by atoms with van der Waals surface area (Å²) in [6.07, 6.45) is 1.28. The van der Waals surface area contributed by atoms with Gasteiger partial charge < -0.3 is 9.64 Å². The van der Waals surface area contributed by atoms with Crippen LogP contribution in [0.3, 0.4) is 0 Å². The van der Waals surface area contributed by atoms with Crippen molar-refractivity contribution in [1.29, 1.82) is 0 Å². The molecule has 1 atom stereocenters. The van der Waals surface area contributed by atoms with E-state index in [0.29, 0.717) is 13.0 Å². The molecule has 120 valence electrons. The normalized spacial score (nSPS) is 17.9. The largest absolute Gasteiger partial charge is 0.467 e. The van der Waals surface area contributed by atoms with Crippen molar-refractivity contribution in [2.45, 2.75) is 38.6 Å². The summed E-state index contributed by atoms with van der Waals surface area (Å²) < 4.78 is 4.77. The summed E-state index contributed by atoms with van der Waals surface area (Å²) >= 11 is 5.92. The van der Waals surface area contributed by atoms with Gasteiger partial charge >= 0.3 is 11.7 Å². The molecule has 1 unspecified atom stereocenters. The highest BCUT2D eigenvalue weighted by Crippen LogP contribution is 2.37. The van der Waals surface area contributed by atoms with Crippen molar-refractivity contribution in [2.24, 2.45) is 0 Å². The molecule has 1 aliphatic rings. The Bertz CT molecular complexity index is 608. The van der Waals surface area contributed by atoms with Gasteiger partial charge in [0.05, 0.1) is 12.0 Å². The molecule has 0 radical (unpaired) electrons. The van der Waals surface area contributed by atoms with Crippen LogP contribution in [0.5, 0.6) is 0 Å². The Balaban J connectivity index is 2.58. The second kappa shape index (κ2) is 6.43. The number of nitro groups is 1. The van der Waals surface area contributed by atoms with Crippen LogP contribution < -0.4 is 4.90 Å². The van der Waals surface area contributed by atoms with Gasteiger partial charge in [-0.15, -0.1) is 0 Å². The zero-order valence-corrected chi connectivity index (χ0v) is 13.3. The highest BCUT2D eigenvalue weighted by Gasteiger charge is 2.38. The molecule has 1 fully saturated rings. The van der Waals surface area contributed by atoms with Crippen LogP contribution in [-0.4, -0.2) is 40.6 Å². The number of halogens is 1. The average Bonchev–Trinajstić information content (AvgIpc) is 2.94. The zero-order valence-electron chi connectivity index (χ0n) is 12.6. The smallest absolute Gasteiger partial charge is 0.333 e. The van der Waals surface area contributed by atoms with E-state index >= 15 is 0 Å². The number of aromatic nitrogens is 2. The van der Waals surface area contributed by atoms with Crippen LogP contribution in [0.4, 0.5) is 11.5 Å². The van der Waals surface area contributed by atoms with Crippen LogP contribution in [-0.2, 0) is 9.53 Å². The van der Waals surface area contributed by atoms with Gasteiger partial charge in [-0.1, -0.05) is 13.8 Å². The van der Waals surface area contributed by atoms with Crippen molar-refractivity contribution < 1.29 is 14.5 Å². The number of hydrogen-bond donors (Lipinski definition) is 0. The molecule has 0 aliphatic carbocycles. The van der Waals surface area contributed by atoms with Crippen LogP contribution in [0, 0.1) is 10.1 Å². The van der Waals surface area contributed by atoms with E-state index in [4.69, 9.17) is 16.3 Å². The summed E-state index contributed by atoms with van der Waals surface area (Å²) in [6, 6.07) is -0.588. The van der Waals surface area contributed by atoms with E-state index in [-0.39, 0.29) is 28.4 Å². The lowest BCUT2D eigenvalue weighted by molar-refractivity contribution is -0.385. The Kier molecular flexibility index (Phi) is 4.80. The van der Waals surface area contributed by atoms with Crippen LogP contribution in [0.2, 0.25) is 5.28 Å². The third-order valence-corrected chi connectivity index (χ3v) is 3.76. The van der Waals surface area contributed by atoms with Crippen LogP contribution in [0.25, 0.3) is 0 Å². The third kappa shape index (κ3) is 2.96. The van der Waals surface area contributed by atoms with Gasteiger partial charge in [-0.2, -0.15) is 4.98 Å². The first-order valence-corrected chi connectivity index (χ1v) is 7.30. The van der Waals surface area contributed by atoms with E-state index in [9.17, 15) is 14.9 Å². The molecule has 0 amide bonds. The van der Waals surface area contributed by atoms with Gasteiger partial charge in [0.25, 0.3) is 0 Å². The molecule has 8 nitrogen and oxygen atoms in total. The number of methoxy groups -OCH3 is 1. The van der Waals surface area contributed by atoms with E-state index in [0.717, 1.165) is 6.42 Å². The number of ether oxygens (including phenoxy) is 1. The van der Waals surface area contributed by atoms with Crippen LogP contribution in [0.1, 0.15) is 38.3 Å². The van der Waals surface area contributed by atoms with Crippen molar-refractivity contribution in [3.8, 4) is 0 Å². The summed E-state index contributed by atoms with van der Waals surface area (Å²) in [6.45, 7) is 4.06. The molecule has 0 saturated carbocycles. The fraction of sp³-hybridized carbons (Fsp3) is 0.615. The second-order valence-corrected chi connectivity index (χ2v) is 5.67. The molecule has 0 aromatic carbocycles. The summed E-state index contributed by atoms with van der Waals surface area (Å²) in [4.78, 5) is 32.4. The fourth-order valence-electron chi connectivity index (χ4n) is 2.61. The molecule has 2 rings (SSSR count). The minimum absolute atomic E-state index is 0.0696. The van der Waals surface area contributed by atoms with E-state index < -0.39 is 16.9 Å². The van der Waals surface area contributed by atoms with Gasteiger partial charge in [-0.3, -0.25) is 10.1 Å². The van der Waals surface area contributed by atoms with Crippen molar-refractivity contribution in [3.63, 3.8) is 0 Å². The Hall–Kier alpha value is -1.96. The highest BCUT2D eigenvalue weighted by molar-refractivity contribution is 6.28. The molecule has 9 heteroatoms. The number of rotatable bonds is 4. The predicted molar refractivity (Wildman–Crippen MR) is 80.2 cm³/mol. The maximum atomic E-state index is 11.9. The van der Waals surface area contributed by atoms with Gasteiger partial charge in [-0.25, -0.2) is 9.78 Å². The van der Waals surface area contributed by atoms with Crippen molar-refractivity contribution >= 4 is 29.1 Å². The topological polar surface area (TPSA) is 98.5 Å². The predicted octanol–water partition coefficient (Wildman–Crippen LogP) is 2.30. The molecule has 22 heavy (non-hydrogen) atoms. The van der Waals surface area contributed by atoms with Crippen molar-refractivity contribution in [3.05, 3.63) is 21.1 Å². The molecular weight excluding hydrogens is 312 g/mol. The van der Waals surface area contributed by atoms with E-state index in [1.165, 1.54) is 7.11 Å². The molecule has 0 N–H and O–H groups in total. The van der Waals surface area contributed by atoms with E-state index in [1.54, 1.807) is 18.7 Å². The van der Waals surface area contributed by atoms with Gasteiger partial charge in [0.2, 0.25) is 11.1 Å². The van der Waals surface area contributed by atoms with Crippen LogP contribution in [0.15, 0.2) is 0 Å². The van der Waals surface area contributed by atoms with Crippen molar-refractivity contribution in [2.75, 3.05) is 18.6 Å². The molecule has 1 aliphatic heterocycles. The molecule has 1 saturated heterocycles. The minimum atomic E-state index is -0.588. The average molecular weight is 329 g/mol. The highest BCUT2D eigenvalue weighted by atomic mass is 35.5. The maximum absolute atomic E-state index is 11.9. The molecular formula is C13H17ClN4O4. The minimum Gasteiger partial charge on any atom is -0.467 e. The Morgan fingerprint density at radius 3 is 2.73 bits per heavy atom. The van der Waals surface area contributed by atoms with Gasteiger partial charge in [0.15, 0.2) is 0 Å². The Labute approximate surface area is 132 Å². The monoisotopic (exact) mass is 328 g/mol. The van der Waals surface area contributed by atoms with E-state index in [2.05, 4.69) is 9.97 Å². The quantitative estimate of drug-likeness (QED) is 0.362. The fourth-order valence-corrected chi connectivity index (χ4v) is 2.78. The van der Waals surface area contributed by atoms with Gasteiger partial charge in [-0.05, 0) is 24.4 Å². The van der Waals surface area contributed by atoms with Gasteiger partial charge in [0.1, 0.15) is 11.7 Å². The summed E-state index contributed by atoms with van der Waals surface area (Å²) in [5.74, 6) is -0.548. The lowest BCUT2D eigenvalue weighted by Crippen LogP contribution is -2.38. The molecule has 0 spiro atoms. The summed E-state index contributed by atoms with van der Waals surface area (Å²) in [7, 11) is 1.29. The molecule has 1 aromatic heterocycles. The number of nitrogens with zero attached hydrogens (tertiary/aromatic N) is 4. The van der Waals surface area contributed by atoms with Crippen molar-refractivity contribution in [1.82, 2.24) is 9.97 Å². The lowest BCUT2D eigenvalue weighted by Gasteiger charge is -2.24. The second-order valence-electron chi connectivity index (χ2n) is 5.34. The first-order chi connectivity index (χ1) is 10.4. The number of esters is 1. The SMILES string of the molecule is COC(=O)C1CCCN1c1nc(Cl)nc(C(C)C)c1[N+](=O)[O-]. The number of hydrogen-bond acceptors (Lipinski definition) is 7. The zero-order chi connectivity index (χ0) is 16.4. The summed E-state index contributed by atoms with van der Waals surface area (Å²) in [5.41, 5.74) is 0.0609. The third-order valence-electron chi connectivity index (χ3n) is 3.59. The standard InChI is InChI=1S/C13H17ClN4O4/c1-7(2)9-10(18(20)21)11(16-13(14)15-9)17-6-4-5-8(17)12(19)22-3/h7-8H,4-6H2,1-3H3. The summed E-state index contributed by atoms with van der Waals surface area (Å²) in [5, 5.41) is 11.4. The number of carbonyl (C=O) groups is 1. The van der Waals surface area contributed by atoms with Gasteiger partial charge in [0, 0.05) is 12.5 Å². The molecule has 0 bridgehead atoms. The number of carbonyl (C=O) groups excluding carboxylic acids is 1. The first-order valence-electron chi connectivity index (χ1n) is 6.93. The molecule has 1 aromatic rings. The van der Waals surface area contributed by atoms with E-state index in [1.807, 2.05) is 0 Å². The Morgan fingerprint density at radius 2 is 2.18 bits per heavy atom. The first kappa shape index (κ1) is 16.4. The Morgan fingerprint density at radius 1 is 1.50 bits per heavy atom. The number of anilines is 1. The maximum Gasteiger partial charge on any atom is 0.333 e. The molecule has 2 heterocycles.